The fourth-order valence-electron chi connectivity index (χ4n) is 3.33. The molecule has 0 saturated heterocycles. The third-order valence-electron chi connectivity index (χ3n) is 4.57. The summed E-state index contributed by atoms with van der Waals surface area (Å²) in [6.07, 6.45) is 2.24. The van der Waals surface area contributed by atoms with Crippen molar-refractivity contribution in [3.63, 3.8) is 0 Å². The van der Waals surface area contributed by atoms with Crippen LogP contribution in [-0.4, -0.2) is 41.4 Å². The normalized spacial score (nSPS) is 32.2. The van der Waals surface area contributed by atoms with Gasteiger partial charge in [-0.25, -0.2) is 13.6 Å². The van der Waals surface area contributed by atoms with Crippen LogP contribution < -0.4 is 0 Å². The zero-order chi connectivity index (χ0) is 15.8. The van der Waals surface area contributed by atoms with Crippen LogP contribution in [-0.2, 0) is 9.53 Å². The molecule has 1 fully saturated rings. The van der Waals surface area contributed by atoms with Gasteiger partial charge in [-0.05, 0) is 20.3 Å². The first-order valence-electron chi connectivity index (χ1n) is 7.42. The van der Waals surface area contributed by atoms with E-state index in [-0.39, 0.29) is 12.8 Å². The number of halogens is 2. The molecule has 0 aromatic carbocycles. The van der Waals surface area contributed by atoms with Crippen LogP contribution in [0.1, 0.15) is 33.6 Å². The molecule has 3 atom stereocenters. The summed E-state index contributed by atoms with van der Waals surface area (Å²) in [6.45, 7) is 5.68. The lowest BCUT2D eigenvalue weighted by Gasteiger charge is -2.40. The van der Waals surface area contributed by atoms with Crippen LogP contribution in [0.15, 0.2) is 12.2 Å². The lowest BCUT2D eigenvalue weighted by atomic mass is 9.80. The predicted molar refractivity (Wildman–Crippen MR) is 73.1 cm³/mol. The van der Waals surface area contributed by atoms with Crippen LogP contribution in [0.4, 0.5) is 13.6 Å². The lowest BCUT2D eigenvalue weighted by molar-refractivity contribution is -0.195. The molecule has 0 unspecified atom stereocenters. The molecular formula is C15H21F2NO3. The Morgan fingerprint density at radius 3 is 2.19 bits per heavy atom. The number of hydrogen-bond donors (Lipinski definition) is 0. The Kier molecular flexibility index (Phi) is 4.08. The standard InChI is InChI=1S/C15H21F2NO3/c1-4-12(19)14(21-13(20)18(5-2)6-3)10-7-8-11(9-10)15(14,16)17/h7-8,10-11H,4-6,9H2,1-3H3/t10-,11+,14+/m1/s1. The second-order valence-electron chi connectivity index (χ2n) is 5.51. The summed E-state index contributed by atoms with van der Waals surface area (Å²) in [4.78, 5) is 25.7. The Bertz CT molecular complexity index is 474. The highest BCUT2D eigenvalue weighted by atomic mass is 19.3. The van der Waals surface area contributed by atoms with Crippen molar-refractivity contribution in [2.75, 3.05) is 13.1 Å². The van der Waals surface area contributed by atoms with E-state index in [0.29, 0.717) is 13.1 Å². The molecule has 0 aromatic rings. The smallest absolute Gasteiger partial charge is 0.410 e. The van der Waals surface area contributed by atoms with E-state index >= 15 is 0 Å². The third-order valence-corrected chi connectivity index (χ3v) is 4.57. The summed E-state index contributed by atoms with van der Waals surface area (Å²) in [5, 5.41) is 0. The largest absolute Gasteiger partial charge is 0.428 e. The molecule has 0 aromatic heterocycles. The number of allylic oxidation sites excluding steroid dienone is 1. The Morgan fingerprint density at radius 2 is 1.76 bits per heavy atom. The Labute approximate surface area is 123 Å². The molecule has 2 aliphatic rings. The molecule has 21 heavy (non-hydrogen) atoms. The van der Waals surface area contributed by atoms with Crippen molar-refractivity contribution in [3.8, 4) is 0 Å². The number of Topliss-reactive ketones (excluding diaryl/α,β-unsaturated/α-hetero) is 1. The van der Waals surface area contributed by atoms with Crippen LogP contribution in [0.5, 0.6) is 0 Å². The van der Waals surface area contributed by atoms with E-state index in [1.807, 2.05) is 0 Å². The number of ether oxygens (including phenoxy) is 1. The number of amides is 1. The maximum Gasteiger partial charge on any atom is 0.410 e. The van der Waals surface area contributed by atoms with Crippen LogP contribution >= 0.6 is 0 Å². The zero-order valence-electron chi connectivity index (χ0n) is 12.6. The molecule has 6 heteroatoms. The summed E-state index contributed by atoms with van der Waals surface area (Å²) in [5.74, 6) is -5.81. The van der Waals surface area contributed by atoms with Gasteiger partial charge in [-0.3, -0.25) is 4.79 Å². The SMILES string of the molecule is CCC(=O)[C@@]1(OC(=O)N(CC)CC)[C@@H]2C=C[C@@H](C2)C1(F)F. The topological polar surface area (TPSA) is 46.6 Å². The average molecular weight is 301 g/mol. The first kappa shape index (κ1) is 15.9. The molecule has 1 saturated carbocycles. The van der Waals surface area contributed by atoms with Crippen LogP contribution in [0, 0.1) is 11.8 Å². The Balaban J connectivity index is 2.39. The Hall–Kier alpha value is -1.46. The maximum atomic E-state index is 14.7. The average Bonchev–Trinajstić information content (AvgIpc) is 3.01. The minimum absolute atomic E-state index is 0.0851. The van der Waals surface area contributed by atoms with Gasteiger partial charge < -0.3 is 9.64 Å². The summed E-state index contributed by atoms with van der Waals surface area (Å²) in [7, 11) is 0. The fraction of sp³-hybridized carbons (Fsp3) is 0.733. The molecule has 118 valence electrons. The molecule has 4 nitrogen and oxygen atoms in total. The van der Waals surface area contributed by atoms with Crippen molar-refractivity contribution in [1.82, 2.24) is 4.90 Å². The number of alkyl halides is 2. The first-order chi connectivity index (χ1) is 9.84. The Morgan fingerprint density at radius 1 is 1.19 bits per heavy atom. The van der Waals surface area contributed by atoms with E-state index < -0.39 is 35.2 Å². The second kappa shape index (κ2) is 5.39. The maximum absolute atomic E-state index is 14.7. The van der Waals surface area contributed by atoms with Gasteiger partial charge in [0.15, 0.2) is 5.78 Å². The summed E-state index contributed by atoms with van der Waals surface area (Å²) >= 11 is 0. The van der Waals surface area contributed by atoms with E-state index in [2.05, 4.69) is 0 Å². The predicted octanol–water partition coefficient (Wildman–Crippen LogP) is 3.02. The van der Waals surface area contributed by atoms with Crippen LogP contribution in [0.25, 0.3) is 0 Å². The molecular weight excluding hydrogens is 280 g/mol. The highest BCUT2D eigenvalue weighted by molar-refractivity contribution is 5.92. The van der Waals surface area contributed by atoms with Crippen LogP contribution in [0.2, 0.25) is 0 Å². The van der Waals surface area contributed by atoms with E-state index in [4.69, 9.17) is 4.74 Å². The van der Waals surface area contributed by atoms with Gasteiger partial charge in [0.05, 0.1) is 0 Å². The highest BCUT2D eigenvalue weighted by Crippen LogP contribution is 2.58. The van der Waals surface area contributed by atoms with Gasteiger partial charge in [0.25, 0.3) is 0 Å². The lowest BCUT2D eigenvalue weighted by Crippen LogP contribution is -2.60. The zero-order valence-corrected chi connectivity index (χ0v) is 12.6. The first-order valence-corrected chi connectivity index (χ1v) is 7.42. The van der Waals surface area contributed by atoms with Crippen molar-refractivity contribution in [1.29, 1.82) is 0 Å². The molecule has 2 bridgehead atoms. The number of nitrogens with zero attached hydrogens (tertiary/aromatic N) is 1. The molecule has 0 aliphatic heterocycles. The third kappa shape index (κ3) is 2.07. The summed E-state index contributed by atoms with van der Waals surface area (Å²) in [5.41, 5.74) is -2.33. The van der Waals surface area contributed by atoms with Crippen molar-refractivity contribution < 1.29 is 23.1 Å². The van der Waals surface area contributed by atoms with E-state index in [1.165, 1.54) is 17.9 Å². The number of carbonyl (C=O) groups is 2. The van der Waals surface area contributed by atoms with Crippen molar-refractivity contribution in [2.45, 2.75) is 45.1 Å². The summed E-state index contributed by atoms with van der Waals surface area (Å²) in [6, 6.07) is 0. The van der Waals surface area contributed by atoms with Crippen molar-refractivity contribution in [3.05, 3.63) is 12.2 Å². The second-order valence-corrected chi connectivity index (χ2v) is 5.51. The molecule has 0 spiro atoms. The van der Waals surface area contributed by atoms with Gasteiger partial charge in [0.2, 0.25) is 5.60 Å². The van der Waals surface area contributed by atoms with E-state index in [0.717, 1.165) is 0 Å². The highest BCUT2D eigenvalue weighted by Gasteiger charge is 2.74. The number of hydrogen-bond acceptors (Lipinski definition) is 3. The number of carbonyl (C=O) groups excluding carboxylic acids is 2. The van der Waals surface area contributed by atoms with Gasteiger partial charge in [0.1, 0.15) is 0 Å². The van der Waals surface area contributed by atoms with E-state index in [1.54, 1.807) is 19.9 Å². The summed E-state index contributed by atoms with van der Waals surface area (Å²) < 4.78 is 34.5. The number of ketones is 1. The van der Waals surface area contributed by atoms with E-state index in [9.17, 15) is 18.4 Å². The minimum Gasteiger partial charge on any atom is -0.428 e. The minimum atomic E-state index is -3.34. The molecule has 0 radical (unpaired) electrons. The fourth-order valence-corrected chi connectivity index (χ4v) is 3.33. The van der Waals surface area contributed by atoms with Crippen molar-refractivity contribution >= 4 is 11.9 Å². The van der Waals surface area contributed by atoms with Gasteiger partial charge >= 0.3 is 12.0 Å². The number of rotatable bonds is 5. The monoisotopic (exact) mass is 301 g/mol. The molecule has 2 aliphatic carbocycles. The van der Waals surface area contributed by atoms with Gasteiger partial charge in [0, 0.05) is 31.3 Å². The van der Waals surface area contributed by atoms with Crippen LogP contribution in [0.3, 0.4) is 0 Å². The molecule has 2 rings (SSSR count). The van der Waals surface area contributed by atoms with Crippen molar-refractivity contribution in [2.24, 2.45) is 11.8 Å². The quantitative estimate of drug-likeness (QED) is 0.733. The molecule has 0 N–H and O–H groups in total. The van der Waals surface area contributed by atoms with Gasteiger partial charge in [-0.15, -0.1) is 0 Å². The number of fused-ring (bicyclic) bond motifs is 2. The van der Waals surface area contributed by atoms with Gasteiger partial charge in [-0.2, -0.15) is 0 Å². The van der Waals surface area contributed by atoms with Gasteiger partial charge in [-0.1, -0.05) is 19.1 Å². The molecule has 1 amide bonds. The molecule has 0 heterocycles.